The summed E-state index contributed by atoms with van der Waals surface area (Å²) < 4.78 is 0. The second kappa shape index (κ2) is 7.51. The van der Waals surface area contributed by atoms with Crippen molar-refractivity contribution in [2.75, 3.05) is 11.1 Å². The Morgan fingerprint density at radius 3 is 2.74 bits per heavy atom. The van der Waals surface area contributed by atoms with Gasteiger partial charge >= 0.3 is 0 Å². The monoisotopic (exact) mass is 394 g/mol. The number of pyridine rings is 1. The van der Waals surface area contributed by atoms with Crippen LogP contribution in [0.4, 0.5) is 10.7 Å². The van der Waals surface area contributed by atoms with Crippen molar-refractivity contribution < 1.29 is 4.79 Å². The molecule has 0 aromatic carbocycles. The summed E-state index contributed by atoms with van der Waals surface area (Å²) in [6.07, 6.45) is 6.29. The third kappa shape index (κ3) is 3.46. The van der Waals surface area contributed by atoms with Gasteiger partial charge < -0.3 is 11.1 Å². The molecule has 3 aromatic heterocycles. The average Bonchev–Trinajstić information content (AvgIpc) is 3.43. The zero-order valence-corrected chi connectivity index (χ0v) is 16.2. The van der Waals surface area contributed by atoms with Crippen molar-refractivity contribution in [2.45, 2.75) is 31.7 Å². The predicted molar refractivity (Wildman–Crippen MR) is 110 cm³/mol. The second-order valence-corrected chi connectivity index (χ2v) is 8.60. The molecule has 0 spiro atoms. The highest BCUT2D eigenvalue weighted by molar-refractivity contribution is 7.21. The predicted octanol–water partition coefficient (Wildman–Crippen LogP) is 4.91. The molecule has 0 radical (unpaired) electrons. The van der Waals surface area contributed by atoms with Gasteiger partial charge in [0.25, 0.3) is 0 Å². The molecular formula is C20H18N4OS2. The van der Waals surface area contributed by atoms with Crippen molar-refractivity contribution in [2.24, 2.45) is 0 Å². The Balaban J connectivity index is 1.63. The van der Waals surface area contributed by atoms with E-state index in [9.17, 15) is 10.1 Å². The molecule has 7 heteroatoms. The molecule has 1 aliphatic rings. The van der Waals surface area contributed by atoms with Crippen molar-refractivity contribution >= 4 is 39.1 Å². The van der Waals surface area contributed by atoms with Crippen LogP contribution in [0.2, 0.25) is 0 Å². The number of hydrogen-bond donors (Lipinski definition) is 2. The van der Waals surface area contributed by atoms with Crippen LogP contribution < -0.4 is 11.1 Å². The quantitative estimate of drug-likeness (QED) is 0.600. The number of carbonyl (C=O) groups is 1. The van der Waals surface area contributed by atoms with Gasteiger partial charge in [-0.15, -0.1) is 22.7 Å². The van der Waals surface area contributed by atoms with Gasteiger partial charge in [-0.2, -0.15) is 5.26 Å². The lowest BCUT2D eigenvalue weighted by molar-refractivity contribution is 0.104. The van der Waals surface area contributed by atoms with Crippen molar-refractivity contribution in [3.05, 3.63) is 51.8 Å². The summed E-state index contributed by atoms with van der Waals surface area (Å²) in [7, 11) is 0. The molecule has 1 saturated carbocycles. The summed E-state index contributed by atoms with van der Waals surface area (Å²) in [5.74, 6) is -0.138. The molecule has 27 heavy (non-hydrogen) atoms. The van der Waals surface area contributed by atoms with Gasteiger partial charge in [-0.1, -0.05) is 18.9 Å². The Morgan fingerprint density at radius 1 is 1.22 bits per heavy atom. The molecule has 3 heterocycles. The number of aromatic nitrogens is 1. The molecule has 0 atom stereocenters. The number of ketones is 1. The van der Waals surface area contributed by atoms with Crippen molar-refractivity contribution in [1.29, 1.82) is 5.26 Å². The van der Waals surface area contributed by atoms with E-state index in [0.717, 1.165) is 23.4 Å². The number of carbonyl (C=O) groups excluding carboxylic acids is 1. The topological polar surface area (TPSA) is 91.8 Å². The van der Waals surface area contributed by atoms with E-state index in [-0.39, 0.29) is 11.5 Å². The minimum atomic E-state index is -0.138. The molecule has 0 bridgehead atoms. The molecule has 1 fully saturated rings. The Hall–Kier alpha value is -2.69. The fraction of sp³-hybridized carbons (Fsp3) is 0.250. The molecule has 1 aliphatic carbocycles. The first-order valence-electron chi connectivity index (χ1n) is 8.82. The third-order valence-corrected chi connectivity index (χ3v) is 6.94. The highest BCUT2D eigenvalue weighted by Gasteiger charge is 2.25. The number of rotatable bonds is 5. The Labute approximate surface area is 165 Å². The third-order valence-electron chi connectivity index (χ3n) is 4.70. The van der Waals surface area contributed by atoms with Crippen LogP contribution in [0.25, 0.3) is 10.6 Å². The first kappa shape index (κ1) is 17.7. The number of nitriles is 1. The van der Waals surface area contributed by atoms with Gasteiger partial charge in [0.1, 0.15) is 21.5 Å². The van der Waals surface area contributed by atoms with Gasteiger partial charge in [-0.05, 0) is 37.1 Å². The smallest absolute Gasteiger partial charge is 0.215 e. The van der Waals surface area contributed by atoms with E-state index in [1.54, 1.807) is 12.3 Å². The summed E-state index contributed by atoms with van der Waals surface area (Å²) in [6, 6.07) is 11.9. The fourth-order valence-corrected chi connectivity index (χ4v) is 5.39. The van der Waals surface area contributed by atoms with Crippen LogP contribution in [0.15, 0.2) is 36.5 Å². The van der Waals surface area contributed by atoms with Crippen LogP contribution in [0.3, 0.4) is 0 Å². The highest BCUT2D eigenvalue weighted by atomic mass is 32.1. The Kier molecular flexibility index (Phi) is 4.92. The number of hydrogen-bond acceptors (Lipinski definition) is 7. The van der Waals surface area contributed by atoms with E-state index in [0.29, 0.717) is 26.4 Å². The summed E-state index contributed by atoms with van der Waals surface area (Å²) in [5.41, 5.74) is 7.66. The van der Waals surface area contributed by atoms with Gasteiger partial charge in [0.15, 0.2) is 0 Å². The zero-order valence-electron chi connectivity index (χ0n) is 14.6. The second-order valence-electron chi connectivity index (χ2n) is 6.49. The molecule has 3 N–H and O–H groups in total. The summed E-state index contributed by atoms with van der Waals surface area (Å²) in [4.78, 5) is 19.3. The lowest BCUT2D eigenvalue weighted by Gasteiger charge is -2.11. The zero-order chi connectivity index (χ0) is 18.8. The molecule has 0 saturated heterocycles. The normalized spacial score (nSPS) is 14.2. The first-order chi connectivity index (χ1) is 13.2. The maximum atomic E-state index is 13.0. The van der Waals surface area contributed by atoms with Gasteiger partial charge in [0, 0.05) is 12.2 Å². The van der Waals surface area contributed by atoms with Crippen molar-refractivity contribution in [3.63, 3.8) is 0 Å². The largest absolute Gasteiger partial charge is 0.396 e. The van der Waals surface area contributed by atoms with Crippen molar-refractivity contribution in [1.82, 2.24) is 4.98 Å². The molecule has 0 unspecified atom stereocenters. The van der Waals surface area contributed by atoms with Crippen LogP contribution in [-0.2, 0) is 0 Å². The average molecular weight is 395 g/mol. The first-order valence-corrected chi connectivity index (χ1v) is 10.5. The molecule has 5 nitrogen and oxygen atoms in total. The number of anilines is 2. The van der Waals surface area contributed by atoms with E-state index in [1.165, 1.54) is 35.5 Å². The number of thiophene rings is 2. The van der Waals surface area contributed by atoms with Crippen LogP contribution in [-0.4, -0.2) is 16.8 Å². The van der Waals surface area contributed by atoms with Gasteiger partial charge in [0.05, 0.1) is 21.1 Å². The molecule has 4 rings (SSSR count). The van der Waals surface area contributed by atoms with Gasteiger partial charge in [-0.25, -0.2) is 0 Å². The fourth-order valence-electron chi connectivity index (χ4n) is 3.30. The van der Waals surface area contributed by atoms with E-state index in [1.807, 2.05) is 24.3 Å². The summed E-state index contributed by atoms with van der Waals surface area (Å²) >= 11 is 2.68. The number of nitrogens with two attached hydrogens (primary N) is 1. The molecule has 3 aromatic rings. The molecule has 136 valence electrons. The maximum Gasteiger partial charge on any atom is 0.215 e. The summed E-state index contributed by atoms with van der Waals surface area (Å²) in [6.45, 7) is 0. The number of nitrogens with one attached hydrogen (secondary N) is 1. The Morgan fingerprint density at radius 2 is 2.04 bits per heavy atom. The van der Waals surface area contributed by atoms with Crippen LogP contribution in [0, 0.1) is 11.3 Å². The lowest BCUT2D eigenvalue weighted by Crippen LogP contribution is -2.14. The standard InChI is InChI=1S/C20H18N4OS2/c21-11-13-17(22)19(27-20(13)24-12-5-1-2-6-12)18(25)16-9-8-15(26-16)14-7-3-4-10-23-14/h3-4,7-10,12,24H,1-2,5-6,22H2. The Bertz CT molecular complexity index is 1010. The van der Waals surface area contributed by atoms with Crippen LogP contribution >= 0.6 is 22.7 Å². The molecule has 0 aliphatic heterocycles. The number of nitrogens with zero attached hydrogens (tertiary/aromatic N) is 2. The molecular weight excluding hydrogens is 376 g/mol. The highest BCUT2D eigenvalue weighted by Crippen LogP contribution is 2.39. The maximum absolute atomic E-state index is 13.0. The van der Waals surface area contributed by atoms with Crippen LogP contribution in [0.1, 0.15) is 45.8 Å². The van der Waals surface area contributed by atoms with Gasteiger partial charge in [-0.3, -0.25) is 9.78 Å². The van der Waals surface area contributed by atoms with E-state index in [4.69, 9.17) is 5.73 Å². The van der Waals surface area contributed by atoms with Gasteiger partial charge in [0.2, 0.25) is 5.78 Å². The lowest BCUT2D eigenvalue weighted by atomic mass is 10.2. The molecule has 0 amide bonds. The SMILES string of the molecule is N#Cc1c(NC2CCCC2)sc(C(=O)c2ccc(-c3ccccn3)s2)c1N. The van der Waals surface area contributed by atoms with Crippen molar-refractivity contribution in [3.8, 4) is 16.6 Å². The minimum Gasteiger partial charge on any atom is -0.396 e. The van der Waals surface area contributed by atoms with E-state index in [2.05, 4.69) is 16.4 Å². The number of nitrogen functional groups attached to an aromatic ring is 1. The minimum absolute atomic E-state index is 0.138. The van der Waals surface area contributed by atoms with E-state index >= 15 is 0 Å². The van der Waals surface area contributed by atoms with Crippen LogP contribution in [0.5, 0.6) is 0 Å². The summed E-state index contributed by atoms with van der Waals surface area (Å²) in [5, 5.41) is 13.6. The van der Waals surface area contributed by atoms with E-state index < -0.39 is 0 Å².